The summed E-state index contributed by atoms with van der Waals surface area (Å²) in [5, 5.41) is 12.6. The highest BCUT2D eigenvalue weighted by atomic mass is 19.1. The largest absolute Gasteiger partial charge is 0.368 e. The molecule has 2 aromatic rings. The van der Waals surface area contributed by atoms with Gasteiger partial charge in [-0.15, -0.1) is 0 Å². The average Bonchev–Trinajstić information content (AvgIpc) is 3.03. The van der Waals surface area contributed by atoms with E-state index in [2.05, 4.69) is 15.3 Å². The SMILES string of the molecule is CN(C)c1cc(NC2CCN(c3cccc(F)c3C#N)C2)ncn1. The van der Waals surface area contributed by atoms with Gasteiger partial charge in [0.05, 0.1) is 5.69 Å². The fourth-order valence-electron chi connectivity index (χ4n) is 2.86. The molecule has 1 unspecified atom stereocenters. The lowest BCUT2D eigenvalue weighted by Gasteiger charge is -2.21. The van der Waals surface area contributed by atoms with Crippen molar-refractivity contribution in [2.75, 3.05) is 42.3 Å². The summed E-state index contributed by atoms with van der Waals surface area (Å²) < 4.78 is 13.8. The Hall–Kier alpha value is -2.88. The summed E-state index contributed by atoms with van der Waals surface area (Å²) >= 11 is 0. The Morgan fingerprint density at radius 2 is 2.21 bits per heavy atom. The first-order chi connectivity index (χ1) is 11.6. The van der Waals surface area contributed by atoms with Gasteiger partial charge >= 0.3 is 0 Å². The van der Waals surface area contributed by atoms with E-state index in [4.69, 9.17) is 0 Å². The predicted molar refractivity (Wildman–Crippen MR) is 91.7 cm³/mol. The molecule has 2 heterocycles. The summed E-state index contributed by atoms with van der Waals surface area (Å²) in [7, 11) is 3.85. The molecule has 0 radical (unpaired) electrons. The van der Waals surface area contributed by atoms with Crippen molar-refractivity contribution in [2.24, 2.45) is 0 Å². The number of halogens is 1. The van der Waals surface area contributed by atoms with Crippen molar-refractivity contribution >= 4 is 17.3 Å². The van der Waals surface area contributed by atoms with Gasteiger partial charge in [0.1, 0.15) is 35.4 Å². The molecule has 1 saturated heterocycles. The summed E-state index contributed by atoms with van der Waals surface area (Å²) in [5.41, 5.74) is 0.758. The molecule has 0 bridgehead atoms. The van der Waals surface area contributed by atoms with Crippen molar-refractivity contribution in [2.45, 2.75) is 12.5 Å². The van der Waals surface area contributed by atoms with E-state index in [9.17, 15) is 9.65 Å². The third kappa shape index (κ3) is 3.23. The van der Waals surface area contributed by atoms with Crippen molar-refractivity contribution < 1.29 is 4.39 Å². The highest BCUT2D eigenvalue weighted by Crippen LogP contribution is 2.27. The molecule has 1 fully saturated rings. The zero-order valence-corrected chi connectivity index (χ0v) is 13.7. The molecule has 1 aromatic heterocycles. The fraction of sp³-hybridized carbons (Fsp3) is 0.353. The van der Waals surface area contributed by atoms with Gasteiger partial charge < -0.3 is 15.1 Å². The van der Waals surface area contributed by atoms with Gasteiger partial charge in [0.2, 0.25) is 0 Å². The van der Waals surface area contributed by atoms with E-state index in [1.165, 1.54) is 12.4 Å². The Balaban J connectivity index is 1.71. The van der Waals surface area contributed by atoms with Gasteiger partial charge in [-0.3, -0.25) is 0 Å². The van der Waals surface area contributed by atoms with Crippen LogP contribution in [-0.2, 0) is 0 Å². The van der Waals surface area contributed by atoms with Crippen molar-refractivity contribution in [3.8, 4) is 6.07 Å². The first kappa shape index (κ1) is 16.0. The van der Waals surface area contributed by atoms with Crippen LogP contribution in [0.3, 0.4) is 0 Å². The summed E-state index contributed by atoms with van der Waals surface area (Å²) in [6.07, 6.45) is 2.42. The molecule has 1 aliphatic heterocycles. The Morgan fingerprint density at radius 1 is 1.38 bits per heavy atom. The normalized spacial score (nSPS) is 16.8. The zero-order chi connectivity index (χ0) is 17.1. The minimum atomic E-state index is -0.474. The molecular formula is C17H19FN6. The average molecular weight is 326 g/mol. The molecule has 7 heteroatoms. The summed E-state index contributed by atoms with van der Waals surface area (Å²) in [6, 6.07) is 8.79. The number of hydrogen-bond acceptors (Lipinski definition) is 6. The lowest BCUT2D eigenvalue weighted by Crippen LogP contribution is -2.27. The molecule has 1 aliphatic rings. The zero-order valence-electron chi connectivity index (χ0n) is 13.7. The van der Waals surface area contributed by atoms with E-state index in [0.717, 1.165) is 24.6 Å². The van der Waals surface area contributed by atoms with Crippen LogP contribution in [0.4, 0.5) is 21.7 Å². The van der Waals surface area contributed by atoms with E-state index in [1.807, 2.05) is 36.0 Å². The smallest absolute Gasteiger partial charge is 0.143 e. The topological polar surface area (TPSA) is 68.1 Å². The second kappa shape index (κ2) is 6.71. The first-order valence-electron chi connectivity index (χ1n) is 7.78. The number of anilines is 3. The van der Waals surface area contributed by atoms with Crippen LogP contribution in [0.1, 0.15) is 12.0 Å². The molecule has 1 atom stereocenters. The Labute approximate surface area is 140 Å². The van der Waals surface area contributed by atoms with E-state index in [0.29, 0.717) is 12.2 Å². The Morgan fingerprint density at radius 3 is 2.96 bits per heavy atom. The second-order valence-electron chi connectivity index (χ2n) is 5.98. The Bertz CT molecular complexity index is 770. The Kier molecular flexibility index (Phi) is 4.47. The maximum Gasteiger partial charge on any atom is 0.143 e. The van der Waals surface area contributed by atoms with Crippen molar-refractivity contribution in [3.05, 3.63) is 42.0 Å². The van der Waals surface area contributed by atoms with Crippen LogP contribution in [0.15, 0.2) is 30.6 Å². The van der Waals surface area contributed by atoms with Crippen molar-refractivity contribution in [3.63, 3.8) is 0 Å². The lowest BCUT2D eigenvalue weighted by molar-refractivity contribution is 0.623. The van der Waals surface area contributed by atoms with Crippen LogP contribution < -0.4 is 15.1 Å². The summed E-state index contributed by atoms with van der Waals surface area (Å²) in [6.45, 7) is 1.46. The molecule has 3 rings (SSSR count). The van der Waals surface area contributed by atoms with E-state index >= 15 is 0 Å². The minimum absolute atomic E-state index is 0.107. The molecule has 0 aliphatic carbocycles. The van der Waals surface area contributed by atoms with Crippen LogP contribution in [0.2, 0.25) is 0 Å². The number of aromatic nitrogens is 2. The quantitative estimate of drug-likeness (QED) is 0.929. The number of benzene rings is 1. The molecule has 0 saturated carbocycles. The second-order valence-corrected chi connectivity index (χ2v) is 5.98. The molecule has 0 amide bonds. The lowest BCUT2D eigenvalue weighted by atomic mass is 10.1. The number of nitrogens with zero attached hydrogens (tertiary/aromatic N) is 5. The number of rotatable bonds is 4. The molecule has 6 nitrogen and oxygen atoms in total. The number of nitrogens with one attached hydrogen (secondary N) is 1. The van der Waals surface area contributed by atoms with Gasteiger partial charge in [-0.05, 0) is 18.6 Å². The minimum Gasteiger partial charge on any atom is -0.368 e. The monoisotopic (exact) mass is 326 g/mol. The van der Waals surface area contributed by atoms with Gasteiger partial charge in [0, 0.05) is 39.3 Å². The molecule has 24 heavy (non-hydrogen) atoms. The van der Waals surface area contributed by atoms with Crippen LogP contribution in [0, 0.1) is 17.1 Å². The molecule has 124 valence electrons. The van der Waals surface area contributed by atoms with Crippen molar-refractivity contribution in [1.82, 2.24) is 9.97 Å². The summed E-state index contributed by atoms with van der Waals surface area (Å²) in [5.74, 6) is 1.12. The number of hydrogen-bond donors (Lipinski definition) is 1. The molecule has 1 aromatic carbocycles. The number of nitriles is 1. The van der Waals surface area contributed by atoms with Crippen LogP contribution in [0.25, 0.3) is 0 Å². The van der Waals surface area contributed by atoms with Crippen LogP contribution in [-0.4, -0.2) is 43.2 Å². The van der Waals surface area contributed by atoms with Gasteiger partial charge in [-0.1, -0.05) is 6.07 Å². The van der Waals surface area contributed by atoms with Gasteiger partial charge in [0.15, 0.2) is 0 Å². The highest BCUT2D eigenvalue weighted by molar-refractivity contribution is 5.61. The van der Waals surface area contributed by atoms with E-state index in [1.54, 1.807) is 12.1 Å². The van der Waals surface area contributed by atoms with E-state index in [-0.39, 0.29) is 11.6 Å². The standard InChI is InChI=1S/C17H19FN6/c1-23(2)17-8-16(20-11-21-17)22-12-6-7-24(10-12)15-5-3-4-14(18)13(15)9-19/h3-5,8,11-12H,6-7,10H2,1-2H3,(H,20,21,22). The molecule has 1 N–H and O–H groups in total. The van der Waals surface area contributed by atoms with E-state index < -0.39 is 5.82 Å². The highest BCUT2D eigenvalue weighted by Gasteiger charge is 2.25. The molecule has 0 spiro atoms. The van der Waals surface area contributed by atoms with Gasteiger partial charge in [-0.25, -0.2) is 14.4 Å². The predicted octanol–water partition coefficient (Wildman–Crippen LogP) is 2.24. The first-order valence-corrected chi connectivity index (χ1v) is 7.78. The van der Waals surface area contributed by atoms with Crippen molar-refractivity contribution in [1.29, 1.82) is 5.26 Å². The third-order valence-corrected chi connectivity index (χ3v) is 4.10. The van der Waals surface area contributed by atoms with Gasteiger partial charge in [0.25, 0.3) is 0 Å². The summed E-state index contributed by atoms with van der Waals surface area (Å²) in [4.78, 5) is 12.4. The fourth-order valence-corrected chi connectivity index (χ4v) is 2.86. The maximum atomic E-state index is 13.8. The third-order valence-electron chi connectivity index (χ3n) is 4.10. The molecular weight excluding hydrogens is 307 g/mol. The maximum absolute atomic E-state index is 13.8. The van der Waals surface area contributed by atoms with Crippen LogP contribution in [0.5, 0.6) is 0 Å². The van der Waals surface area contributed by atoms with Gasteiger partial charge in [-0.2, -0.15) is 5.26 Å². The van der Waals surface area contributed by atoms with Crippen LogP contribution >= 0.6 is 0 Å².